The summed E-state index contributed by atoms with van der Waals surface area (Å²) in [6, 6.07) is 5.39. The van der Waals surface area contributed by atoms with Crippen LogP contribution < -0.4 is 10.1 Å². The summed E-state index contributed by atoms with van der Waals surface area (Å²) >= 11 is 13.5. The topological polar surface area (TPSA) is 69.0 Å². The highest BCUT2D eigenvalue weighted by atomic mass is 35.5. The quantitative estimate of drug-likeness (QED) is 0.458. The van der Waals surface area contributed by atoms with Gasteiger partial charge in [-0.2, -0.15) is 0 Å². The third-order valence-electron chi connectivity index (χ3n) is 4.98. The van der Waals surface area contributed by atoms with Crippen LogP contribution >= 0.6 is 35.0 Å². The van der Waals surface area contributed by atoms with E-state index in [1.807, 2.05) is 18.5 Å². The zero-order chi connectivity index (χ0) is 20.8. The van der Waals surface area contributed by atoms with Gasteiger partial charge >= 0.3 is 0 Å². The third kappa shape index (κ3) is 6.27. The minimum Gasteiger partial charge on any atom is -0.481 e. The molecule has 0 spiro atoms. The summed E-state index contributed by atoms with van der Waals surface area (Å²) < 4.78 is 7.76. The lowest BCUT2D eigenvalue weighted by Crippen LogP contribution is -2.35. The van der Waals surface area contributed by atoms with E-state index in [0.29, 0.717) is 38.6 Å². The molecule has 9 heteroatoms. The molecular weight excluding hydrogens is 431 g/mol. The zero-order valence-electron chi connectivity index (χ0n) is 16.7. The van der Waals surface area contributed by atoms with E-state index in [1.165, 1.54) is 37.4 Å². The molecule has 1 heterocycles. The number of aromatic nitrogens is 3. The molecule has 1 fully saturated rings. The number of hydrogen-bond acceptors (Lipinski definition) is 5. The Hall–Kier alpha value is -1.44. The number of nitrogens with one attached hydrogen (secondary N) is 1. The predicted octanol–water partition coefficient (Wildman–Crippen LogP) is 5.19. The lowest BCUT2D eigenvalue weighted by atomic mass is 10.1. The Labute approximate surface area is 185 Å². The molecule has 0 saturated heterocycles. The van der Waals surface area contributed by atoms with Crippen LogP contribution in [0.15, 0.2) is 23.4 Å². The molecule has 1 aromatic carbocycles. The van der Waals surface area contributed by atoms with Gasteiger partial charge in [0, 0.05) is 18.1 Å². The number of carbonyl (C=O) groups excluding carboxylic acids is 1. The van der Waals surface area contributed by atoms with Gasteiger partial charge < -0.3 is 14.6 Å². The van der Waals surface area contributed by atoms with Crippen LogP contribution in [0, 0.1) is 0 Å². The Kier molecular flexibility index (Phi) is 8.09. The highest BCUT2D eigenvalue weighted by molar-refractivity contribution is 7.99. The fourth-order valence-electron chi connectivity index (χ4n) is 3.44. The first-order chi connectivity index (χ1) is 13.9. The standard InChI is InChI=1S/C20H26Cl2N4O2S/c1-13(28-17-10-9-14(21)11-16(17)22)19-24-25-20(26(19)2)29-12-18(27)23-15-7-5-3-4-6-8-15/h9-11,13,15H,3-8,12H2,1-2H3,(H,23,27). The molecule has 1 aliphatic carbocycles. The molecule has 1 atom stereocenters. The Bertz CT molecular complexity index is 838. The summed E-state index contributed by atoms with van der Waals surface area (Å²) in [6.45, 7) is 1.88. The normalized spacial score (nSPS) is 16.3. The Morgan fingerprint density at radius 1 is 1.28 bits per heavy atom. The van der Waals surface area contributed by atoms with Crippen molar-refractivity contribution in [3.8, 4) is 5.75 Å². The van der Waals surface area contributed by atoms with E-state index in [9.17, 15) is 4.79 Å². The van der Waals surface area contributed by atoms with Crippen molar-refractivity contribution < 1.29 is 9.53 Å². The number of amides is 1. The van der Waals surface area contributed by atoms with E-state index in [1.54, 1.807) is 18.2 Å². The van der Waals surface area contributed by atoms with E-state index in [2.05, 4.69) is 15.5 Å². The molecule has 1 aliphatic rings. The van der Waals surface area contributed by atoms with Crippen LogP contribution in [-0.2, 0) is 11.8 Å². The molecule has 1 N–H and O–H groups in total. The molecule has 0 aliphatic heterocycles. The Morgan fingerprint density at radius 2 is 2.00 bits per heavy atom. The predicted molar refractivity (Wildman–Crippen MR) is 117 cm³/mol. The average molecular weight is 457 g/mol. The summed E-state index contributed by atoms with van der Waals surface area (Å²) in [4.78, 5) is 12.3. The van der Waals surface area contributed by atoms with Gasteiger partial charge in [0.15, 0.2) is 17.1 Å². The minimum absolute atomic E-state index is 0.0451. The first-order valence-corrected chi connectivity index (χ1v) is 11.6. The fourth-order valence-corrected chi connectivity index (χ4v) is 4.63. The zero-order valence-corrected chi connectivity index (χ0v) is 19.0. The number of carbonyl (C=O) groups is 1. The number of rotatable bonds is 7. The summed E-state index contributed by atoms with van der Waals surface area (Å²) in [6.07, 6.45) is 6.72. The molecule has 3 rings (SSSR count). The van der Waals surface area contributed by atoms with E-state index in [-0.39, 0.29) is 12.0 Å². The van der Waals surface area contributed by atoms with Crippen LogP contribution in [0.1, 0.15) is 57.4 Å². The van der Waals surface area contributed by atoms with Crippen molar-refractivity contribution in [2.24, 2.45) is 7.05 Å². The van der Waals surface area contributed by atoms with Gasteiger partial charge in [-0.3, -0.25) is 4.79 Å². The largest absolute Gasteiger partial charge is 0.481 e. The van der Waals surface area contributed by atoms with Crippen molar-refractivity contribution in [2.45, 2.75) is 62.8 Å². The second-order valence-corrected chi connectivity index (χ2v) is 9.07. The summed E-state index contributed by atoms with van der Waals surface area (Å²) in [5, 5.41) is 13.3. The van der Waals surface area contributed by atoms with Gasteiger partial charge in [-0.05, 0) is 38.0 Å². The summed E-state index contributed by atoms with van der Waals surface area (Å²) in [5.74, 6) is 1.55. The molecule has 1 unspecified atom stereocenters. The molecular formula is C20H26Cl2N4O2S. The molecule has 1 aromatic heterocycles. The van der Waals surface area contributed by atoms with Crippen molar-refractivity contribution in [2.75, 3.05) is 5.75 Å². The summed E-state index contributed by atoms with van der Waals surface area (Å²) in [5.41, 5.74) is 0. The van der Waals surface area contributed by atoms with Crippen LogP contribution in [0.25, 0.3) is 0 Å². The molecule has 2 aromatic rings. The maximum Gasteiger partial charge on any atom is 0.230 e. The first-order valence-electron chi connectivity index (χ1n) is 9.87. The fraction of sp³-hybridized carbons (Fsp3) is 0.550. The van der Waals surface area contributed by atoms with Crippen molar-refractivity contribution in [1.82, 2.24) is 20.1 Å². The third-order valence-corrected chi connectivity index (χ3v) is 6.53. The van der Waals surface area contributed by atoms with Gasteiger partial charge in [0.2, 0.25) is 5.91 Å². The van der Waals surface area contributed by atoms with E-state index in [4.69, 9.17) is 27.9 Å². The van der Waals surface area contributed by atoms with E-state index < -0.39 is 0 Å². The first kappa shape index (κ1) is 22.2. The highest BCUT2D eigenvalue weighted by Gasteiger charge is 2.20. The smallest absolute Gasteiger partial charge is 0.230 e. The minimum atomic E-state index is -0.361. The van der Waals surface area contributed by atoms with Gasteiger partial charge in [-0.1, -0.05) is 60.6 Å². The molecule has 6 nitrogen and oxygen atoms in total. The number of nitrogens with zero attached hydrogens (tertiary/aromatic N) is 3. The van der Waals surface area contributed by atoms with Gasteiger partial charge in [-0.15, -0.1) is 10.2 Å². The number of halogens is 2. The van der Waals surface area contributed by atoms with Crippen LogP contribution in [-0.4, -0.2) is 32.5 Å². The second-order valence-electron chi connectivity index (χ2n) is 7.28. The molecule has 0 bridgehead atoms. The monoisotopic (exact) mass is 456 g/mol. The van der Waals surface area contributed by atoms with Crippen LogP contribution in [0.3, 0.4) is 0 Å². The van der Waals surface area contributed by atoms with Gasteiger partial charge in [0.25, 0.3) is 0 Å². The van der Waals surface area contributed by atoms with Crippen molar-refractivity contribution >= 4 is 40.9 Å². The molecule has 158 valence electrons. The Balaban J connectivity index is 1.55. The average Bonchev–Trinajstić information content (AvgIpc) is 2.87. The number of ether oxygens (including phenoxy) is 1. The van der Waals surface area contributed by atoms with Gasteiger partial charge in [-0.25, -0.2) is 0 Å². The maximum atomic E-state index is 12.3. The van der Waals surface area contributed by atoms with E-state index in [0.717, 1.165) is 12.8 Å². The molecule has 29 heavy (non-hydrogen) atoms. The van der Waals surface area contributed by atoms with Crippen molar-refractivity contribution in [3.05, 3.63) is 34.1 Å². The van der Waals surface area contributed by atoms with Crippen LogP contribution in [0.4, 0.5) is 0 Å². The van der Waals surface area contributed by atoms with Crippen LogP contribution in [0.5, 0.6) is 5.75 Å². The number of thioether (sulfide) groups is 1. The highest BCUT2D eigenvalue weighted by Crippen LogP contribution is 2.31. The number of hydrogen-bond donors (Lipinski definition) is 1. The van der Waals surface area contributed by atoms with Crippen LogP contribution in [0.2, 0.25) is 10.0 Å². The molecule has 1 amide bonds. The Morgan fingerprint density at radius 3 is 2.69 bits per heavy atom. The lowest BCUT2D eigenvalue weighted by molar-refractivity contribution is -0.119. The molecule has 0 radical (unpaired) electrons. The molecule has 1 saturated carbocycles. The van der Waals surface area contributed by atoms with Crippen molar-refractivity contribution in [3.63, 3.8) is 0 Å². The van der Waals surface area contributed by atoms with Gasteiger partial charge in [0.1, 0.15) is 5.75 Å². The SMILES string of the molecule is CC(Oc1ccc(Cl)cc1Cl)c1nnc(SCC(=O)NC2CCCCCC2)n1C. The number of benzene rings is 1. The maximum absolute atomic E-state index is 12.3. The van der Waals surface area contributed by atoms with Crippen molar-refractivity contribution in [1.29, 1.82) is 0 Å². The van der Waals surface area contributed by atoms with E-state index >= 15 is 0 Å². The second kappa shape index (κ2) is 10.5. The lowest BCUT2D eigenvalue weighted by Gasteiger charge is -2.16. The summed E-state index contributed by atoms with van der Waals surface area (Å²) in [7, 11) is 1.87. The van der Waals surface area contributed by atoms with Gasteiger partial charge in [0.05, 0.1) is 10.8 Å².